The Labute approximate surface area is 191 Å². The summed E-state index contributed by atoms with van der Waals surface area (Å²) >= 11 is 0. The lowest BCUT2D eigenvalue weighted by Crippen LogP contribution is -2.40. The van der Waals surface area contributed by atoms with Crippen LogP contribution < -0.4 is 4.90 Å². The van der Waals surface area contributed by atoms with Crippen molar-refractivity contribution in [2.75, 3.05) is 57.5 Å². The molecule has 1 atom stereocenters. The number of ether oxygens (including phenoxy) is 2. The predicted molar refractivity (Wildman–Crippen MR) is 126 cm³/mol. The van der Waals surface area contributed by atoms with Crippen molar-refractivity contribution in [3.8, 4) is 0 Å². The van der Waals surface area contributed by atoms with E-state index >= 15 is 0 Å². The second-order valence-electron chi connectivity index (χ2n) is 7.53. The second-order valence-corrected chi connectivity index (χ2v) is 7.53. The predicted octanol–water partition coefficient (Wildman–Crippen LogP) is 4.08. The van der Waals surface area contributed by atoms with Gasteiger partial charge in [0.1, 0.15) is 0 Å². The zero-order chi connectivity index (χ0) is 21.0. The van der Waals surface area contributed by atoms with Crippen LogP contribution in [0.1, 0.15) is 12.8 Å². The number of nitrogens with zero attached hydrogens (tertiary/aromatic N) is 2. The first-order valence-electron chi connectivity index (χ1n) is 10.7. The molecule has 6 nitrogen and oxygen atoms in total. The van der Waals surface area contributed by atoms with E-state index in [9.17, 15) is 4.79 Å². The van der Waals surface area contributed by atoms with Gasteiger partial charge in [-0.1, -0.05) is 36.4 Å². The standard InChI is InChI=1S/C24H32N2O4.ClH/c27-24(28)21-8-7-13-25(20-21)14-16-29-18-19-30-17-15-26(22-9-3-1-4-10-22)23-11-5-2-6-12-23;/h1-6,9-12,21H,7-8,13-20H2,(H,27,28);1H/t21-;/m1./s1. The lowest BCUT2D eigenvalue weighted by atomic mass is 9.98. The van der Waals surface area contributed by atoms with E-state index in [0.29, 0.717) is 33.0 Å². The highest BCUT2D eigenvalue weighted by Crippen LogP contribution is 2.24. The maximum Gasteiger partial charge on any atom is 0.307 e. The molecule has 170 valence electrons. The van der Waals surface area contributed by atoms with Crippen molar-refractivity contribution >= 4 is 29.8 Å². The molecule has 2 aromatic carbocycles. The lowest BCUT2D eigenvalue weighted by molar-refractivity contribution is -0.143. The molecule has 0 radical (unpaired) electrons. The van der Waals surface area contributed by atoms with Crippen molar-refractivity contribution in [3.63, 3.8) is 0 Å². The number of para-hydroxylation sites is 2. The first-order chi connectivity index (χ1) is 14.7. The minimum atomic E-state index is -0.686. The van der Waals surface area contributed by atoms with E-state index < -0.39 is 5.97 Å². The zero-order valence-corrected chi connectivity index (χ0v) is 18.7. The van der Waals surface area contributed by atoms with Gasteiger partial charge in [0, 0.05) is 31.0 Å². The van der Waals surface area contributed by atoms with Crippen LogP contribution in [0.15, 0.2) is 60.7 Å². The Balaban J connectivity index is 0.00000341. The van der Waals surface area contributed by atoms with Crippen LogP contribution in [0, 0.1) is 5.92 Å². The summed E-state index contributed by atoms with van der Waals surface area (Å²) in [5.41, 5.74) is 2.29. The minimum Gasteiger partial charge on any atom is -0.481 e. The number of carboxylic acid groups (broad SMARTS) is 1. The molecule has 1 fully saturated rings. The number of carboxylic acids is 1. The van der Waals surface area contributed by atoms with Crippen molar-refractivity contribution < 1.29 is 19.4 Å². The third kappa shape index (κ3) is 8.50. The molecule has 0 saturated carbocycles. The molecular weight excluding hydrogens is 416 g/mol. The van der Waals surface area contributed by atoms with Crippen LogP contribution in [0.2, 0.25) is 0 Å². The van der Waals surface area contributed by atoms with E-state index in [1.807, 2.05) is 36.4 Å². The van der Waals surface area contributed by atoms with Crippen LogP contribution in [0.4, 0.5) is 11.4 Å². The number of aliphatic carboxylic acids is 1. The van der Waals surface area contributed by atoms with Gasteiger partial charge < -0.3 is 24.4 Å². The molecule has 1 aliphatic heterocycles. The maximum absolute atomic E-state index is 11.1. The molecule has 31 heavy (non-hydrogen) atoms. The summed E-state index contributed by atoms with van der Waals surface area (Å²) in [5.74, 6) is -0.923. The van der Waals surface area contributed by atoms with Crippen molar-refractivity contribution in [3.05, 3.63) is 60.7 Å². The fraction of sp³-hybridized carbons (Fsp3) is 0.458. The van der Waals surface area contributed by atoms with E-state index in [-0.39, 0.29) is 18.3 Å². The molecule has 0 spiro atoms. The summed E-state index contributed by atoms with van der Waals surface area (Å²) in [5, 5.41) is 9.15. The van der Waals surface area contributed by atoms with E-state index in [1.54, 1.807) is 0 Å². The quantitative estimate of drug-likeness (QED) is 0.494. The molecule has 0 bridgehead atoms. The SMILES string of the molecule is Cl.O=C(O)[C@@H]1CCCN(CCOCCOCCN(c2ccccc2)c2ccccc2)C1. The number of rotatable bonds is 12. The number of carbonyl (C=O) groups is 1. The number of hydrogen-bond acceptors (Lipinski definition) is 5. The van der Waals surface area contributed by atoms with E-state index in [0.717, 1.165) is 43.9 Å². The first kappa shape index (κ1) is 25.1. The average Bonchev–Trinajstić information content (AvgIpc) is 2.79. The summed E-state index contributed by atoms with van der Waals surface area (Å²) < 4.78 is 11.5. The van der Waals surface area contributed by atoms with Crippen molar-refractivity contribution in [1.29, 1.82) is 0 Å². The number of likely N-dealkylation sites (tertiary alicyclic amines) is 1. The summed E-state index contributed by atoms with van der Waals surface area (Å²) in [7, 11) is 0. The summed E-state index contributed by atoms with van der Waals surface area (Å²) in [6, 6.07) is 20.6. The Hall–Kier alpha value is -2.12. The highest BCUT2D eigenvalue weighted by molar-refractivity contribution is 5.85. The third-order valence-corrected chi connectivity index (χ3v) is 5.37. The monoisotopic (exact) mass is 448 g/mol. The fourth-order valence-electron chi connectivity index (χ4n) is 3.75. The molecule has 1 N–H and O–H groups in total. The second kappa shape index (κ2) is 14.0. The minimum absolute atomic E-state index is 0. The summed E-state index contributed by atoms with van der Waals surface area (Å²) in [4.78, 5) is 15.6. The Morgan fingerprint density at radius 3 is 2.10 bits per heavy atom. The summed E-state index contributed by atoms with van der Waals surface area (Å²) in [6.45, 7) is 5.44. The highest BCUT2D eigenvalue weighted by Gasteiger charge is 2.24. The number of halogens is 1. The van der Waals surface area contributed by atoms with Crippen LogP contribution in [0.5, 0.6) is 0 Å². The van der Waals surface area contributed by atoms with Gasteiger partial charge >= 0.3 is 5.97 Å². The molecule has 7 heteroatoms. The van der Waals surface area contributed by atoms with Crippen molar-refractivity contribution in [2.45, 2.75) is 12.8 Å². The molecule has 0 amide bonds. The molecule has 3 rings (SSSR count). The number of benzene rings is 2. The van der Waals surface area contributed by atoms with E-state index in [4.69, 9.17) is 14.6 Å². The first-order valence-corrected chi connectivity index (χ1v) is 10.7. The molecular formula is C24H33ClN2O4. The lowest BCUT2D eigenvalue weighted by Gasteiger charge is -2.30. The van der Waals surface area contributed by atoms with Crippen molar-refractivity contribution in [2.24, 2.45) is 5.92 Å². The fourth-order valence-corrected chi connectivity index (χ4v) is 3.75. The van der Waals surface area contributed by atoms with E-state index in [2.05, 4.69) is 34.1 Å². The Bertz CT molecular complexity index is 708. The largest absolute Gasteiger partial charge is 0.481 e. The Kier molecular flexibility index (Phi) is 11.4. The Morgan fingerprint density at radius 2 is 1.52 bits per heavy atom. The third-order valence-electron chi connectivity index (χ3n) is 5.37. The van der Waals surface area contributed by atoms with E-state index in [1.165, 1.54) is 0 Å². The van der Waals surface area contributed by atoms with Gasteiger partial charge in [0.05, 0.1) is 32.3 Å². The van der Waals surface area contributed by atoms with Gasteiger partial charge in [0.2, 0.25) is 0 Å². The average molecular weight is 449 g/mol. The van der Waals surface area contributed by atoms with Gasteiger partial charge in [-0.15, -0.1) is 12.4 Å². The highest BCUT2D eigenvalue weighted by atomic mass is 35.5. The van der Waals surface area contributed by atoms with Crippen LogP contribution in [0.3, 0.4) is 0 Å². The zero-order valence-electron chi connectivity index (χ0n) is 17.9. The smallest absolute Gasteiger partial charge is 0.307 e. The maximum atomic E-state index is 11.1. The van der Waals surface area contributed by atoms with Crippen LogP contribution >= 0.6 is 12.4 Å². The molecule has 1 heterocycles. The number of hydrogen-bond donors (Lipinski definition) is 1. The number of anilines is 2. The van der Waals surface area contributed by atoms with Gasteiger partial charge in [-0.2, -0.15) is 0 Å². The number of piperidine rings is 1. The van der Waals surface area contributed by atoms with Crippen LogP contribution in [-0.2, 0) is 14.3 Å². The van der Waals surface area contributed by atoms with Crippen LogP contribution in [0.25, 0.3) is 0 Å². The van der Waals surface area contributed by atoms with Gasteiger partial charge in [0.25, 0.3) is 0 Å². The molecule has 1 aliphatic rings. The molecule has 1 saturated heterocycles. The Morgan fingerprint density at radius 1 is 0.935 bits per heavy atom. The van der Waals surface area contributed by atoms with Gasteiger partial charge in [0.15, 0.2) is 0 Å². The molecule has 2 aromatic rings. The van der Waals surface area contributed by atoms with Gasteiger partial charge in [-0.25, -0.2) is 0 Å². The van der Waals surface area contributed by atoms with Crippen LogP contribution in [-0.4, -0.2) is 68.6 Å². The normalized spacial score (nSPS) is 16.5. The molecule has 0 unspecified atom stereocenters. The van der Waals surface area contributed by atoms with Gasteiger partial charge in [-0.3, -0.25) is 4.79 Å². The summed E-state index contributed by atoms with van der Waals surface area (Å²) in [6.07, 6.45) is 1.73. The van der Waals surface area contributed by atoms with Crippen molar-refractivity contribution in [1.82, 2.24) is 4.90 Å². The molecule has 0 aromatic heterocycles. The molecule has 0 aliphatic carbocycles. The van der Waals surface area contributed by atoms with Gasteiger partial charge in [-0.05, 0) is 43.7 Å². The topological polar surface area (TPSA) is 62.2 Å².